The van der Waals surface area contributed by atoms with Crippen molar-refractivity contribution in [3.63, 3.8) is 0 Å². The quantitative estimate of drug-likeness (QED) is 0.283. The number of amides is 1. The summed E-state index contributed by atoms with van der Waals surface area (Å²) in [6.07, 6.45) is 0. The van der Waals surface area contributed by atoms with Crippen LogP contribution in [0.15, 0.2) is 66.7 Å². The molecule has 0 spiro atoms. The van der Waals surface area contributed by atoms with E-state index in [2.05, 4.69) is 15.5 Å². The van der Waals surface area contributed by atoms with Gasteiger partial charge in [-0.1, -0.05) is 35.9 Å². The number of ether oxygens (including phenoxy) is 1. The summed E-state index contributed by atoms with van der Waals surface area (Å²) < 4.78 is 5.85. The Morgan fingerprint density at radius 3 is 2.24 bits per heavy atom. The summed E-state index contributed by atoms with van der Waals surface area (Å²) in [7, 11) is 0. The normalized spacial score (nSPS) is 10.6. The van der Waals surface area contributed by atoms with Gasteiger partial charge in [-0.25, -0.2) is 0 Å². The van der Waals surface area contributed by atoms with E-state index in [1.165, 1.54) is 12.1 Å². The molecule has 8 heteroatoms. The van der Waals surface area contributed by atoms with Crippen LogP contribution >= 0.6 is 0 Å². The highest BCUT2D eigenvalue weighted by atomic mass is 16.6. The maximum atomic E-state index is 12.8. The number of nitrogens with zero attached hydrogens (tertiary/aromatic N) is 2. The zero-order valence-electron chi connectivity index (χ0n) is 18.4. The zero-order chi connectivity index (χ0) is 23.5. The van der Waals surface area contributed by atoms with Crippen molar-refractivity contribution in [2.24, 2.45) is 0 Å². The summed E-state index contributed by atoms with van der Waals surface area (Å²) in [4.78, 5) is 23.7. The number of rotatable bonds is 6. The highest BCUT2D eigenvalue weighted by Gasteiger charge is 2.16. The number of hydrogen-bond donors (Lipinski definition) is 2. The molecule has 4 aromatic rings. The number of H-pyrrole nitrogens is 1. The van der Waals surface area contributed by atoms with Crippen molar-refractivity contribution in [1.82, 2.24) is 10.2 Å². The third-order valence-electron chi connectivity index (χ3n) is 4.96. The number of hydrogen-bond acceptors (Lipinski definition) is 5. The number of nitro benzene ring substituents is 1. The van der Waals surface area contributed by atoms with Crippen molar-refractivity contribution in [3.05, 3.63) is 99.2 Å². The van der Waals surface area contributed by atoms with Crippen molar-refractivity contribution in [3.8, 4) is 22.8 Å². The van der Waals surface area contributed by atoms with Crippen molar-refractivity contribution < 1.29 is 14.5 Å². The molecule has 0 aliphatic carbocycles. The van der Waals surface area contributed by atoms with Crippen LogP contribution in [0.1, 0.15) is 27.2 Å². The molecular formula is C25H22N4O4. The van der Waals surface area contributed by atoms with Crippen molar-refractivity contribution in [2.45, 2.75) is 20.8 Å². The molecule has 0 saturated heterocycles. The second-order valence-corrected chi connectivity index (χ2v) is 7.89. The Morgan fingerprint density at radius 2 is 1.58 bits per heavy atom. The molecule has 0 fully saturated rings. The number of aryl methyl sites for hydroxylation is 3. The Kier molecular flexibility index (Phi) is 5.91. The minimum Gasteiger partial charge on any atom is -0.457 e. The number of anilines is 1. The second-order valence-electron chi connectivity index (χ2n) is 7.89. The predicted molar refractivity (Wildman–Crippen MR) is 126 cm³/mol. The van der Waals surface area contributed by atoms with Crippen molar-refractivity contribution >= 4 is 17.3 Å². The first-order chi connectivity index (χ1) is 15.8. The van der Waals surface area contributed by atoms with E-state index in [1.807, 2.05) is 63.2 Å². The van der Waals surface area contributed by atoms with Gasteiger partial charge in [0.05, 0.1) is 22.4 Å². The number of nitrogens with one attached hydrogen (secondary N) is 2. The Labute approximate surface area is 190 Å². The summed E-state index contributed by atoms with van der Waals surface area (Å²) >= 11 is 0. The van der Waals surface area contributed by atoms with Crippen molar-refractivity contribution in [2.75, 3.05) is 5.32 Å². The molecule has 1 aromatic heterocycles. The zero-order valence-corrected chi connectivity index (χ0v) is 18.4. The van der Waals surface area contributed by atoms with Crippen molar-refractivity contribution in [1.29, 1.82) is 0 Å². The lowest BCUT2D eigenvalue weighted by atomic mass is 10.1. The first-order valence-electron chi connectivity index (χ1n) is 10.3. The van der Waals surface area contributed by atoms with Gasteiger partial charge in [0.1, 0.15) is 17.2 Å². The molecule has 0 unspecified atom stereocenters. The third kappa shape index (κ3) is 5.24. The Bertz CT molecular complexity index is 1320. The maximum absolute atomic E-state index is 12.8. The van der Waals surface area contributed by atoms with E-state index < -0.39 is 10.8 Å². The van der Waals surface area contributed by atoms with E-state index in [9.17, 15) is 14.9 Å². The van der Waals surface area contributed by atoms with Gasteiger partial charge in [0.15, 0.2) is 0 Å². The fourth-order valence-electron chi connectivity index (χ4n) is 3.46. The van der Waals surface area contributed by atoms with Gasteiger partial charge in [-0.05, 0) is 50.1 Å². The largest absolute Gasteiger partial charge is 0.457 e. The summed E-state index contributed by atoms with van der Waals surface area (Å²) in [6, 6.07) is 19.2. The van der Waals surface area contributed by atoms with Crippen LogP contribution in [0.4, 0.5) is 11.4 Å². The fourth-order valence-corrected chi connectivity index (χ4v) is 3.46. The van der Waals surface area contributed by atoms with E-state index >= 15 is 0 Å². The molecule has 3 aromatic carbocycles. The minimum atomic E-state index is -0.532. The number of aromatic amines is 1. The lowest BCUT2D eigenvalue weighted by molar-refractivity contribution is -0.384. The first kappa shape index (κ1) is 21.8. The minimum absolute atomic E-state index is 0.197. The molecule has 1 heterocycles. The first-order valence-corrected chi connectivity index (χ1v) is 10.3. The molecule has 166 valence electrons. The van der Waals surface area contributed by atoms with E-state index in [4.69, 9.17) is 4.74 Å². The lowest BCUT2D eigenvalue weighted by Crippen LogP contribution is -2.12. The maximum Gasteiger partial charge on any atom is 0.275 e. The van der Waals surface area contributed by atoms with Crippen LogP contribution in [0.5, 0.6) is 11.5 Å². The Hall–Kier alpha value is -4.46. The van der Waals surface area contributed by atoms with Gasteiger partial charge in [0, 0.05) is 17.7 Å². The van der Waals surface area contributed by atoms with Gasteiger partial charge in [-0.15, -0.1) is 0 Å². The second kappa shape index (κ2) is 8.96. The summed E-state index contributed by atoms with van der Waals surface area (Å²) in [6.45, 7) is 5.87. The van der Waals surface area contributed by atoms with Gasteiger partial charge in [-0.2, -0.15) is 5.10 Å². The van der Waals surface area contributed by atoms with E-state index in [1.54, 1.807) is 12.1 Å². The summed E-state index contributed by atoms with van der Waals surface area (Å²) in [5, 5.41) is 21.0. The standard InChI is InChI=1S/C25H22N4O4/c1-15-4-6-18(7-5-15)23-14-24(28-27-23)25(30)26-19-11-20(29(31)32)13-22(12-19)33-21-9-16(2)8-17(3)10-21/h4-14H,1-3H3,(H,26,30)(H,27,28). The average molecular weight is 442 g/mol. The van der Waals surface area contributed by atoms with Crippen LogP contribution in [-0.4, -0.2) is 21.0 Å². The molecule has 0 aliphatic heterocycles. The molecule has 0 aliphatic rings. The molecule has 0 saturated carbocycles. The number of nitro groups is 1. The van der Waals surface area contributed by atoms with Crippen LogP contribution in [0.25, 0.3) is 11.3 Å². The van der Waals surface area contributed by atoms with E-state index in [0.717, 1.165) is 22.3 Å². The number of benzene rings is 3. The van der Waals surface area contributed by atoms with Gasteiger partial charge in [0.2, 0.25) is 0 Å². The highest BCUT2D eigenvalue weighted by Crippen LogP contribution is 2.31. The molecule has 33 heavy (non-hydrogen) atoms. The summed E-state index contributed by atoms with van der Waals surface area (Å²) in [5.74, 6) is 0.328. The van der Waals surface area contributed by atoms with Crippen LogP contribution in [-0.2, 0) is 0 Å². The predicted octanol–water partition coefficient (Wildman–Crippen LogP) is 5.95. The summed E-state index contributed by atoms with van der Waals surface area (Å²) in [5.41, 5.74) is 4.90. The highest BCUT2D eigenvalue weighted by molar-refractivity contribution is 6.03. The molecule has 0 bridgehead atoms. The fraction of sp³-hybridized carbons (Fsp3) is 0.120. The average Bonchev–Trinajstić information content (AvgIpc) is 3.24. The molecule has 4 rings (SSSR count). The van der Waals surface area contributed by atoms with E-state index in [0.29, 0.717) is 11.4 Å². The van der Waals surface area contributed by atoms with Crippen LogP contribution in [0, 0.1) is 30.9 Å². The Balaban J connectivity index is 1.57. The van der Waals surface area contributed by atoms with Gasteiger partial charge in [0.25, 0.3) is 11.6 Å². The topological polar surface area (TPSA) is 110 Å². The number of carbonyl (C=O) groups excluding carboxylic acids is 1. The SMILES string of the molecule is Cc1ccc(-c2cc(C(=O)Nc3cc(Oc4cc(C)cc(C)c4)cc([N+](=O)[O-])c3)[nH]n2)cc1. The molecule has 8 nitrogen and oxygen atoms in total. The molecule has 0 atom stereocenters. The van der Waals surface area contributed by atoms with Crippen LogP contribution < -0.4 is 10.1 Å². The molecule has 0 radical (unpaired) electrons. The van der Waals surface area contributed by atoms with E-state index in [-0.39, 0.29) is 22.8 Å². The number of non-ortho nitro benzene ring substituents is 1. The van der Waals surface area contributed by atoms with Gasteiger partial charge < -0.3 is 10.1 Å². The van der Waals surface area contributed by atoms with Crippen LogP contribution in [0.3, 0.4) is 0 Å². The van der Waals surface area contributed by atoms with Crippen LogP contribution in [0.2, 0.25) is 0 Å². The lowest BCUT2D eigenvalue weighted by Gasteiger charge is -2.10. The van der Waals surface area contributed by atoms with Gasteiger partial charge in [-0.3, -0.25) is 20.0 Å². The molecule has 1 amide bonds. The number of aromatic nitrogens is 2. The smallest absolute Gasteiger partial charge is 0.275 e. The molecule has 2 N–H and O–H groups in total. The third-order valence-corrected chi connectivity index (χ3v) is 4.96. The Morgan fingerprint density at radius 1 is 0.909 bits per heavy atom. The molecular weight excluding hydrogens is 420 g/mol. The monoisotopic (exact) mass is 442 g/mol. The number of carbonyl (C=O) groups is 1. The van der Waals surface area contributed by atoms with Gasteiger partial charge >= 0.3 is 0 Å².